The molecule has 0 aliphatic carbocycles. The van der Waals surface area contributed by atoms with E-state index in [0.717, 1.165) is 3.57 Å². The maximum atomic E-state index is 12.1. The van der Waals surface area contributed by atoms with Gasteiger partial charge in [0.05, 0.1) is 18.3 Å². The molecule has 7 nitrogen and oxygen atoms in total. The van der Waals surface area contributed by atoms with Crippen LogP contribution in [-0.4, -0.2) is 38.6 Å². The van der Waals surface area contributed by atoms with Gasteiger partial charge in [0.2, 0.25) is 0 Å². The van der Waals surface area contributed by atoms with Gasteiger partial charge in [-0.3, -0.25) is 14.3 Å². The van der Waals surface area contributed by atoms with Crippen LogP contribution in [0.5, 0.6) is 0 Å². The van der Waals surface area contributed by atoms with Crippen molar-refractivity contribution < 1.29 is 14.9 Å². The van der Waals surface area contributed by atoms with Crippen molar-refractivity contribution >= 4 is 22.6 Å². The van der Waals surface area contributed by atoms with Crippen molar-refractivity contribution in [1.29, 1.82) is 0 Å². The Hall–Kier alpha value is -1.49. The SMILES string of the molecule is O=c1[nH]c(=O)n([C@@H]2C[C@H](O)[C@@H](CO)O2)cc1-c1cccc(I)c1. The summed E-state index contributed by atoms with van der Waals surface area (Å²) in [4.78, 5) is 26.4. The van der Waals surface area contributed by atoms with Crippen LogP contribution in [0.1, 0.15) is 12.6 Å². The van der Waals surface area contributed by atoms with E-state index < -0.39 is 29.7 Å². The molecule has 3 rings (SSSR count). The van der Waals surface area contributed by atoms with Crippen LogP contribution in [0.4, 0.5) is 0 Å². The van der Waals surface area contributed by atoms with Gasteiger partial charge in [0.1, 0.15) is 12.3 Å². The lowest BCUT2D eigenvalue weighted by Gasteiger charge is -2.15. The van der Waals surface area contributed by atoms with Gasteiger partial charge in [0, 0.05) is 16.2 Å². The molecule has 1 fully saturated rings. The lowest BCUT2D eigenvalue weighted by molar-refractivity contribution is -0.0458. The number of halogens is 1. The number of aromatic nitrogens is 2. The Kier molecular flexibility index (Phi) is 4.67. The summed E-state index contributed by atoms with van der Waals surface area (Å²) in [5.41, 5.74) is -0.0662. The molecule has 1 aromatic heterocycles. The van der Waals surface area contributed by atoms with Crippen LogP contribution in [-0.2, 0) is 4.74 Å². The zero-order valence-electron chi connectivity index (χ0n) is 12.0. The first-order valence-corrected chi connectivity index (χ1v) is 8.13. The van der Waals surface area contributed by atoms with Crippen LogP contribution in [0.2, 0.25) is 0 Å². The van der Waals surface area contributed by atoms with Gasteiger partial charge in [-0.15, -0.1) is 0 Å². The van der Waals surface area contributed by atoms with Crippen molar-refractivity contribution in [2.24, 2.45) is 0 Å². The van der Waals surface area contributed by atoms with Gasteiger partial charge in [-0.2, -0.15) is 0 Å². The second kappa shape index (κ2) is 6.56. The molecule has 1 aromatic carbocycles. The summed E-state index contributed by atoms with van der Waals surface area (Å²) in [5, 5.41) is 19.0. The molecule has 0 spiro atoms. The number of H-pyrrole nitrogens is 1. The number of ether oxygens (including phenoxy) is 1. The molecule has 3 N–H and O–H groups in total. The first-order valence-electron chi connectivity index (χ1n) is 7.05. The molecule has 0 bridgehead atoms. The molecular weight excluding hydrogens is 415 g/mol. The van der Waals surface area contributed by atoms with Crippen LogP contribution in [0.25, 0.3) is 11.1 Å². The molecule has 8 heteroatoms. The number of rotatable bonds is 3. The van der Waals surface area contributed by atoms with Gasteiger partial charge < -0.3 is 14.9 Å². The van der Waals surface area contributed by atoms with E-state index in [9.17, 15) is 14.7 Å². The molecule has 0 unspecified atom stereocenters. The van der Waals surface area contributed by atoms with Gasteiger partial charge in [-0.05, 0) is 40.3 Å². The van der Waals surface area contributed by atoms with Gasteiger partial charge in [-0.25, -0.2) is 4.79 Å². The van der Waals surface area contributed by atoms with Crippen LogP contribution in [0, 0.1) is 3.57 Å². The minimum absolute atomic E-state index is 0.170. The monoisotopic (exact) mass is 430 g/mol. The van der Waals surface area contributed by atoms with Crippen molar-refractivity contribution in [3.63, 3.8) is 0 Å². The van der Waals surface area contributed by atoms with Crippen LogP contribution in [0.15, 0.2) is 40.1 Å². The van der Waals surface area contributed by atoms with Crippen molar-refractivity contribution in [3.8, 4) is 11.1 Å². The first-order chi connectivity index (χ1) is 11.0. The largest absolute Gasteiger partial charge is 0.394 e. The molecule has 0 amide bonds. The number of hydrogen-bond donors (Lipinski definition) is 3. The van der Waals surface area contributed by atoms with E-state index in [0.29, 0.717) is 11.1 Å². The summed E-state index contributed by atoms with van der Waals surface area (Å²) >= 11 is 2.14. The normalized spacial score (nSPS) is 24.0. The topological polar surface area (TPSA) is 105 Å². The van der Waals surface area contributed by atoms with Crippen LogP contribution < -0.4 is 11.2 Å². The predicted octanol–water partition coefficient (Wildman–Crippen LogP) is 0.449. The summed E-state index contributed by atoms with van der Waals surface area (Å²) in [6.45, 7) is -0.334. The molecule has 23 heavy (non-hydrogen) atoms. The summed E-state index contributed by atoms with van der Waals surface area (Å²) in [5.74, 6) is 0. The highest BCUT2D eigenvalue weighted by molar-refractivity contribution is 14.1. The zero-order chi connectivity index (χ0) is 16.6. The van der Waals surface area contributed by atoms with Crippen LogP contribution in [0.3, 0.4) is 0 Å². The maximum absolute atomic E-state index is 12.1. The summed E-state index contributed by atoms with van der Waals surface area (Å²) < 4.78 is 7.69. The standard InChI is InChI=1S/C15H15IN2O5/c16-9-3-1-2-8(4-9)10-6-18(15(22)17-14(10)21)13-5-11(20)12(7-19)23-13/h1-4,6,11-13,19-20H,5,7H2,(H,17,21,22)/t11-,12+,13-/m0/s1. The van der Waals surface area contributed by atoms with E-state index in [2.05, 4.69) is 27.6 Å². The number of aromatic amines is 1. The second-order valence-corrected chi connectivity index (χ2v) is 6.58. The average Bonchev–Trinajstić information content (AvgIpc) is 2.88. The number of nitrogens with zero attached hydrogens (tertiary/aromatic N) is 1. The molecule has 1 aliphatic heterocycles. The summed E-state index contributed by atoms with van der Waals surface area (Å²) in [6, 6.07) is 7.34. The summed E-state index contributed by atoms with van der Waals surface area (Å²) in [7, 11) is 0. The fraction of sp³-hybridized carbons (Fsp3) is 0.333. The summed E-state index contributed by atoms with van der Waals surface area (Å²) in [6.07, 6.45) is -0.718. The van der Waals surface area contributed by atoms with E-state index in [-0.39, 0.29) is 13.0 Å². The Morgan fingerprint density at radius 2 is 2.17 bits per heavy atom. The third-order valence-electron chi connectivity index (χ3n) is 3.80. The Morgan fingerprint density at radius 1 is 1.39 bits per heavy atom. The molecule has 0 radical (unpaired) electrons. The Morgan fingerprint density at radius 3 is 2.83 bits per heavy atom. The highest BCUT2D eigenvalue weighted by atomic mass is 127. The lowest BCUT2D eigenvalue weighted by Crippen LogP contribution is -2.33. The second-order valence-electron chi connectivity index (χ2n) is 5.33. The lowest BCUT2D eigenvalue weighted by atomic mass is 10.1. The van der Waals surface area contributed by atoms with Crippen molar-refractivity contribution in [1.82, 2.24) is 9.55 Å². The van der Waals surface area contributed by atoms with E-state index >= 15 is 0 Å². The van der Waals surface area contributed by atoms with Crippen LogP contribution >= 0.6 is 22.6 Å². The van der Waals surface area contributed by atoms with E-state index in [1.165, 1.54) is 10.8 Å². The van der Waals surface area contributed by atoms with Gasteiger partial charge in [0.25, 0.3) is 5.56 Å². The molecule has 3 atom stereocenters. The third kappa shape index (κ3) is 3.25. The van der Waals surface area contributed by atoms with Gasteiger partial charge in [-0.1, -0.05) is 12.1 Å². The fourth-order valence-corrected chi connectivity index (χ4v) is 3.15. The Bertz CT molecular complexity index is 831. The number of nitrogens with one attached hydrogen (secondary N) is 1. The molecule has 1 aliphatic rings. The van der Waals surface area contributed by atoms with E-state index in [1.54, 1.807) is 6.07 Å². The molecular formula is C15H15IN2O5. The van der Waals surface area contributed by atoms with Crippen molar-refractivity contribution in [3.05, 3.63) is 54.9 Å². The molecule has 0 saturated carbocycles. The highest BCUT2D eigenvalue weighted by Crippen LogP contribution is 2.28. The van der Waals surface area contributed by atoms with Gasteiger partial charge in [0.15, 0.2) is 0 Å². The molecule has 2 heterocycles. The molecule has 1 saturated heterocycles. The molecule has 2 aromatic rings. The Labute approximate surface area is 144 Å². The van der Waals surface area contributed by atoms with E-state index in [1.807, 2.05) is 18.2 Å². The Balaban J connectivity index is 2.05. The number of aliphatic hydroxyl groups excluding tert-OH is 2. The maximum Gasteiger partial charge on any atom is 0.330 e. The molecule has 122 valence electrons. The predicted molar refractivity (Wildman–Crippen MR) is 91.1 cm³/mol. The fourth-order valence-electron chi connectivity index (χ4n) is 2.61. The number of benzene rings is 1. The number of hydrogen-bond acceptors (Lipinski definition) is 5. The minimum Gasteiger partial charge on any atom is -0.394 e. The smallest absolute Gasteiger partial charge is 0.330 e. The third-order valence-corrected chi connectivity index (χ3v) is 4.47. The first kappa shape index (κ1) is 16.4. The average molecular weight is 430 g/mol. The zero-order valence-corrected chi connectivity index (χ0v) is 14.1. The van der Waals surface area contributed by atoms with Crippen molar-refractivity contribution in [2.75, 3.05) is 6.61 Å². The minimum atomic E-state index is -0.857. The van der Waals surface area contributed by atoms with Crippen molar-refractivity contribution in [2.45, 2.75) is 24.9 Å². The number of aliphatic hydroxyl groups is 2. The highest BCUT2D eigenvalue weighted by Gasteiger charge is 2.35. The quantitative estimate of drug-likeness (QED) is 0.614. The van der Waals surface area contributed by atoms with E-state index in [4.69, 9.17) is 9.84 Å². The van der Waals surface area contributed by atoms with Gasteiger partial charge >= 0.3 is 5.69 Å².